The number of fused-ring (bicyclic) bond motifs is 2. The SMILES string of the molecule is CC[C@H](C)N(C(=O)[C@@H]1[C@@H](C(=O)O)[C@H]2C=C[C@@H]1C2)[C@@H](C)CC. The Labute approximate surface area is 127 Å². The van der Waals surface area contributed by atoms with Crippen LogP contribution in [0.1, 0.15) is 47.0 Å². The first kappa shape index (κ1) is 16.1. The number of carbonyl (C=O) groups excluding carboxylic acids is 1. The van der Waals surface area contributed by atoms with Crippen molar-refractivity contribution in [2.24, 2.45) is 23.7 Å². The van der Waals surface area contributed by atoms with Crippen molar-refractivity contribution in [1.82, 2.24) is 4.90 Å². The molecule has 0 aromatic heterocycles. The molecule has 21 heavy (non-hydrogen) atoms. The van der Waals surface area contributed by atoms with Crippen molar-refractivity contribution >= 4 is 11.9 Å². The zero-order chi connectivity index (χ0) is 15.7. The Hall–Kier alpha value is -1.32. The fraction of sp³-hybridized carbons (Fsp3) is 0.765. The zero-order valence-electron chi connectivity index (χ0n) is 13.5. The van der Waals surface area contributed by atoms with Crippen LogP contribution in [0.3, 0.4) is 0 Å². The van der Waals surface area contributed by atoms with E-state index < -0.39 is 11.9 Å². The van der Waals surface area contributed by atoms with Gasteiger partial charge in [-0.05, 0) is 44.9 Å². The van der Waals surface area contributed by atoms with Gasteiger partial charge < -0.3 is 10.0 Å². The fourth-order valence-electron chi connectivity index (χ4n) is 3.93. The number of allylic oxidation sites excluding steroid dienone is 2. The predicted molar refractivity (Wildman–Crippen MR) is 81.7 cm³/mol. The van der Waals surface area contributed by atoms with Crippen LogP contribution in [0.4, 0.5) is 0 Å². The Kier molecular flexibility index (Phi) is 4.74. The Morgan fingerprint density at radius 2 is 1.57 bits per heavy atom. The number of nitrogens with zero attached hydrogens (tertiary/aromatic N) is 1. The minimum atomic E-state index is -0.821. The highest BCUT2D eigenvalue weighted by molar-refractivity contribution is 5.87. The standard InChI is InChI=1S/C17H27NO3/c1-5-10(3)18(11(4)6-2)16(19)14-12-7-8-13(9-12)15(14)17(20)21/h7-8,10-15H,5-6,9H2,1-4H3,(H,20,21)/t10-,11-,12+,13-,14-,15-/m0/s1. The smallest absolute Gasteiger partial charge is 0.307 e. The van der Waals surface area contributed by atoms with E-state index in [4.69, 9.17) is 0 Å². The molecule has 0 spiro atoms. The third-order valence-electron chi connectivity index (χ3n) is 5.42. The van der Waals surface area contributed by atoms with Gasteiger partial charge >= 0.3 is 5.97 Å². The van der Waals surface area contributed by atoms with Crippen LogP contribution in [0.2, 0.25) is 0 Å². The van der Waals surface area contributed by atoms with Crippen molar-refractivity contribution in [2.45, 2.75) is 59.0 Å². The summed E-state index contributed by atoms with van der Waals surface area (Å²) in [6.07, 6.45) is 6.65. The van der Waals surface area contributed by atoms with Gasteiger partial charge in [-0.2, -0.15) is 0 Å². The average Bonchev–Trinajstić information content (AvgIpc) is 3.07. The number of rotatable bonds is 6. The third kappa shape index (κ3) is 2.72. The third-order valence-corrected chi connectivity index (χ3v) is 5.42. The molecule has 4 heteroatoms. The second-order valence-corrected chi connectivity index (χ2v) is 6.60. The molecule has 4 nitrogen and oxygen atoms in total. The Bertz CT molecular complexity index is 435. The van der Waals surface area contributed by atoms with Gasteiger partial charge in [0.15, 0.2) is 0 Å². The average molecular weight is 293 g/mol. The molecule has 1 N–H and O–H groups in total. The lowest BCUT2D eigenvalue weighted by Crippen LogP contribution is -2.50. The molecule has 1 amide bonds. The maximum atomic E-state index is 13.1. The first-order valence-electron chi connectivity index (χ1n) is 8.15. The van der Waals surface area contributed by atoms with Gasteiger partial charge in [-0.15, -0.1) is 0 Å². The largest absolute Gasteiger partial charge is 0.481 e. The molecule has 2 bridgehead atoms. The molecule has 0 saturated heterocycles. The summed E-state index contributed by atoms with van der Waals surface area (Å²) in [4.78, 5) is 26.6. The summed E-state index contributed by atoms with van der Waals surface area (Å²) in [5, 5.41) is 9.52. The van der Waals surface area contributed by atoms with Crippen molar-refractivity contribution in [1.29, 1.82) is 0 Å². The summed E-state index contributed by atoms with van der Waals surface area (Å²) in [5.74, 6) is -1.54. The van der Waals surface area contributed by atoms with E-state index in [2.05, 4.69) is 33.8 Å². The van der Waals surface area contributed by atoms with E-state index >= 15 is 0 Å². The van der Waals surface area contributed by atoms with E-state index in [1.807, 2.05) is 11.0 Å². The topological polar surface area (TPSA) is 57.6 Å². The number of carboxylic acid groups (broad SMARTS) is 1. The molecule has 0 radical (unpaired) electrons. The molecule has 2 aliphatic rings. The summed E-state index contributed by atoms with van der Waals surface area (Å²) < 4.78 is 0. The van der Waals surface area contributed by atoms with Gasteiger partial charge in [-0.25, -0.2) is 0 Å². The first-order valence-corrected chi connectivity index (χ1v) is 8.15. The fourth-order valence-corrected chi connectivity index (χ4v) is 3.93. The summed E-state index contributed by atoms with van der Waals surface area (Å²) in [5.41, 5.74) is 0. The Balaban J connectivity index is 2.27. The van der Waals surface area contributed by atoms with Gasteiger partial charge in [0.1, 0.15) is 0 Å². The lowest BCUT2D eigenvalue weighted by molar-refractivity contribution is -0.153. The molecule has 2 aliphatic carbocycles. The highest BCUT2D eigenvalue weighted by Crippen LogP contribution is 2.49. The number of hydrogen-bond acceptors (Lipinski definition) is 2. The molecule has 0 aromatic carbocycles. The minimum Gasteiger partial charge on any atom is -0.481 e. The van der Waals surface area contributed by atoms with Gasteiger partial charge in [0.05, 0.1) is 11.8 Å². The van der Waals surface area contributed by atoms with Crippen LogP contribution in [-0.4, -0.2) is 34.0 Å². The molecule has 118 valence electrons. The molecule has 1 fully saturated rings. The van der Waals surface area contributed by atoms with Gasteiger partial charge in [0, 0.05) is 12.1 Å². The van der Waals surface area contributed by atoms with E-state index in [9.17, 15) is 14.7 Å². The number of carbonyl (C=O) groups is 2. The second-order valence-electron chi connectivity index (χ2n) is 6.60. The predicted octanol–water partition coefficient (Wildman–Crippen LogP) is 2.93. The van der Waals surface area contributed by atoms with Crippen LogP contribution < -0.4 is 0 Å². The zero-order valence-corrected chi connectivity index (χ0v) is 13.5. The molecule has 0 unspecified atom stereocenters. The van der Waals surface area contributed by atoms with E-state index in [-0.39, 0.29) is 35.7 Å². The molecular weight excluding hydrogens is 266 g/mol. The molecular formula is C17H27NO3. The molecule has 0 aliphatic heterocycles. The van der Waals surface area contributed by atoms with Crippen LogP contribution in [0.25, 0.3) is 0 Å². The summed E-state index contributed by atoms with van der Waals surface area (Å²) in [6, 6.07) is 0.315. The molecule has 6 atom stereocenters. The van der Waals surface area contributed by atoms with Crippen molar-refractivity contribution in [2.75, 3.05) is 0 Å². The molecule has 1 saturated carbocycles. The molecule has 0 aromatic rings. The maximum Gasteiger partial charge on any atom is 0.307 e. The highest BCUT2D eigenvalue weighted by Gasteiger charge is 2.53. The van der Waals surface area contributed by atoms with E-state index in [1.165, 1.54) is 0 Å². The molecule has 0 heterocycles. The van der Waals surface area contributed by atoms with Crippen molar-refractivity contribution < 1.29 is 14.7 Å². The molecule has 2 rings (SSSR count). The normalized spacial score (nSPS) is 33.0. The summed E-state index contributed by atoms with van der Waals surface area (Å²) in [7, 11) is 0. The lowest BCUT2D eigenvalue weighted by atomic mass is 9.81. The van der Waals surface area contributed by atoms with E-state index in [0.29, 0.717) is 0 Å². The van der Waals surface area contributed by atoms with Crippen molar-refractivity contribution in [3.63, 3.8) is 0 Å². The van der Waals surface area contributed by atoms with Gasteiger partial charge in [0.2, 0.25) is 5.91 Å². The van der Waals surface area contributed by atoms with Crippen molar-refractivity contribution in [3.8, 4) is 0 Å². The first-order chi connectivity index (χ1) is 9.92. The Morgan fingerprint density at radius 1 is 1.10 bits per heavy atom. The van der Waals surface area contributed by atoms with Crippen LogP contribution in [-0.2, 0) is 9.59 Å². The number of carboxylic acids is 1. The lowest BCUT2D eigenvalue weighted by Gasteiger charge is -2.38. The quantitative estimate of drug-likeness (QED) is 0.766. The van der Waals surface area contributed by atoms with Crippen LogP contribution >= 0.6 is 0 Å². The summed E-state index contributed by atoms with van der Waals surface area (Å²) in [6.45, 7) is 8.26. The highest BCUT2D eigenvalue weighted by atomic mass is 16.4. The summed E-state index contributed by atoms with van der Waals surface area (Å²) >= 11 is 0. The van der Waals surface area contributed by atoms with Gasteiger partial charge in [-0.1, -0.05) is 26.0 Å². The number of aliphatic carboxylic acids is 1. The van der Waals surface area contributed by atoms with Crippen LogP contribution in [0.15, 0.2) is 12.2 Å². The van der Waals surface area contributed by atoms with E-state index in [1.54, 1.807) is 0 Å². The van der Waals surface area contributed by atoms with Gasteiger partial charge in [-0.3, -0.25) is 9.59 Å². The maximum absolute atomic E-state index is 13.1. The second kappa shape index (κ2) is 6.20. The van der Waals surface area contributed by atoms with Crippen molar-refractivity contribution in [3.05, 3.63) is 12.2 Å². The number of amides is 1. The van der Waals surface area contributed by atoms with Crippen LogP contribution in [0.5, 0.6) is 0 Å². The van der Waals surface area contributed by atoms with E-state index in [0.717, 1.165) is 19.3 Å². The van der Waals surface area contributed by atoms with Gasteiger partial charge in [0.25, 0.3) is 0 Å². The van der Waals surface area contributed by atoms with Crippen LogP contribution in [0, 0.1) is 23.7 Å². The Morgan fingerprint density at radius 3 is 2.00 bits per heavy atom. The minimum absolute atomic E-state index is 0.0390. The number of hydrogen-bond donors (Lipinski definition) is 1. The monoisotopic (exact) mass is 293 g/mol.